The van der Waals surface area contributed by atoms with Crippen molar-refractivity contribution in [1.82, 2.24) is 0 Å². The molecule has 1 rings (SSSR count). The van der Waals surface area contributed by atoms with Crippen molar-refractivity contribution >= 4 is 5.97 Å². The Morgan fingerprint density at radius 2 is 2.27 bits per heavy atom. The molecule has 2 unspecified atom stereocenters. The Hall–Kier alpha value is -0.570. The summed E-state index contributed by atoms with van der Waals surface area (Å²) in [7, 11) is 0. The number of nitrogens with two attached hydrogens (primary N) is 1. The van der Waals surface area contributed by atoms with Gasteiger partial charge in [-0.15, -0.1) is 0 Å². The average molecular weight is 159 g/mol. The van der Waals surface area contributed by atoms with Crippen molar-refractivity contribution in [3.8, 4) is 0 Å². The molecule has 0 aromatic heterocycles. The molecule has 1 aliphatic rings. The highest BCUT2D eigenvalue weighted by molar-refractivity contribution is 5.72. The first kappa shape index (κ1) is 10.4. The SMILES string of the molecule is CC1CCC[NH2+]C1C(=O)O.[CH3-]. The Labute approximate surface area is 67.8 Å². The molecule has 0 amide bonds. The number of hydrogen-bond acceptors (Lipinski definition) is 1. The maximum Gasteiger partial charge on any atom is 0.362 e. The molecule has 3 N–H and O–H groups in total. The van der Waals surface area contributed by atoms with Crippen molar-refractivity contribution in [1.29, 1.82) is 0 Å². The van der Waals surface area contributed by atoms with E-state index in [1.807, 2.05) is 12.2 Å². The standard InChI is InChI=1S/C7H13NO2.CH3/c1-5-3-2-4-8-6(5)7(9)10;/h5-6,8H,2-4H2,1H3,(H,9,10);1H3/q;-1/p+1. The number of carboxylic acids is 1. The third-order valence-corrected chi connectivity index (χ3v) is 2.18. The van der Waals surface area contributed by atoms with Gasteiger partial charge in [0.1, 0.15) is 0 Å². The van der Waals surface area contributed by atoms with Gasteiger partial charge in [-0.1, -0.05) is 6.92 Å². The lowest BCUT2D eigenvalue weighted by Crippen LogP contribution is -2.94. The van der Waals surface area contributed by atoms with Gasteiger partial charge in [0.05, 0.1) is 6.54 Å². The normalized spacial score (nSPS) is 30.6. The highest BCUT2D eigenvalue weighted by atomic mass is 16.4. The molecule has 0 aromatic carbocycles. The molecule has 2 atom stereocenters. The van der Waals surface area contributed by atoms with Crippen LogP contribution >= 0.6 is 0 Å². The first-order valence-electron chi connectivity index (χ1n) is 3.78. The maximum absolute atomic E-state index is 10.5. The van der Waals surface area contributed by atoms with Gasteiger partial charge in [-0.25, -0.2) is 4.79 Å². The molecule has 1 aliphatic heterocycles. The third-order valence-electron chi connectivity index (χ3n) is 2.18. The minimum Gasteiger partial charge on any atom is -0.477 e. The lowest BCUT2D eigenvalue weighted by Gasteiger charge is -2.22. The van der Waals surface area contributed by atoms with Gasteiger partial charge in [-0.05, 0) is 12.8 Å². The lowest BCUT2D eigenvalue weighted by atomic mass is 9.93. The van der Waals surface area contributed by atoms with Gasteiger partial charge in [0.2, 0.25) is 0 Å². The number of aliphatic carboxylic acids is 1. The van der Waals surface area contributed by atoms with Gasteiger partial charge in [0, 0.05) is 5.92 Å². The Kier molecular flexibility index (Phi) is 4.11. The molecule has 11 heavy (non-hydrogen) atoms. The fourth-order valence-electron chi connectivity index (χ4n) is 1.49. The topological polar surface area (TPSA) is 53.9 Å². The van der Waals surface area contributed by atoms with Crippen LogP contribution in [0.1, 0.15) is 19.8 Å². The van der Waals surface area contributed by atoms with Crippen LogP contribution in [-0.4, -0.2) is 23.7 Å². The predicted octanol–water partition coefficient (Wildman–Crippen LogP) is -0.117. The average Bonchev–Trinajstić information content (AvgIpc) is 1.88. The maximum atomic E-state index is 10.5. The molecule has 3 nitrogen and oxygen atoms in total. The van der Waals surface area contributed by atoms with E-state index < -0.39 is 5.97 Å². The van der Waals surface area contributed by atoms with E-state index in [1.54, 1.807) is 0 Å². The van der Waals surface area contributed by atoms with Crippen molar-refractivity contribution < 1.29 is 15.2 Å². The number of quaternary nitrogens is 1. The van der Waals surface area contributed by atoms with Crippen LogP contribution in [0.5, 0.6) is 0 Å². The Bertz CT molecular complexity index is 136. The molecule has 1 heterocycles. The van der Waals surface area contributed by atoms with E-state index in [4.69, 9.17) is 5.11 Å². The van der Waals surface area contributed by atoms with E-state index in [0.29, 0.717) is 5.92 Å². The van der Waals surface area contributed by atoms with Gasteiger partial charge in [0.25, 0.3) is 0 Å². The highest BCUT2D eigenvalue weighted by Crippen LogP contribution is 2.10. The zero-order chi connectivity index (χ0) is 7.56. The second kappa shape index (κ2) is 4.34. The fourth-order valence-corrected chi connectivity index (χ4v) is 1.49. The van der Waals surface area contributed by atoms with Crippen LogP contribution in [0.25, 0.3) is 0 Å². The van der Waals surface area contributed by atoms with E-state index in [0.717, 1.165) is 19.4 Å². The first-order valence-corrected chi connectivity index (χ1v) is 3.78. The fraction of sp³-hybridized carbons (Fsp3) is 0.750. The Morgan fingerprint density at radius 1 is 1.64 bits per heavy atom. The van der Waals surface area contributed by atoms with Gasteiger partial charge >= 0.3 is 5.97 Å². The van der Waals surface area contributed by atoms with Gasteiger partial charge < -0.3 is 17.8 Å². The van der Waals surface area contributed by atoms with Crippen molar-refractivity contribution in [3.05, 3.63) is 7.43 Å². The van der Waals surface area contributed by atoms with Crippen LogP contribution in [0.2, 0.25) is 0 Å². The quantitative estimate of drug-likeness (QED) is 0.524. The Balaban J connectivity index is 0.000001000. The first-order chi connectivity index (χ1) is 4.72. The van der Waals surface area contributed by atoms with Gasteiger partial charge in [0.15, 0.2) is 6.04 Å². The lowest BCUT2D eigenvalue weighted by molar-refractivity contribution is -0.692. The largest absolute Gasteiger partial charge is 0.477 e. The number of carbonyl (C=O) groups is 1. The van der Waals surface area contributed by atoms with Crippen LogP contribution in [0, 0.1) is 13.3 Å². The van der Waals surface area contributed by atoms with E-state index in [2.05, 4.69) is 0 Å². The minimum atomic E-state index is -0.660. The number of hydrogen-bond donors (Lipinski definition) is 2. The summed E-state index contributed by atoms with van der Waals surface area (Å²) in [5.41, 5.74) is 0. The molecular formula is C8H17NO2. The van der Waals surface area contributed by atoms with Crippen LogP contribution in [0.4, 0.5) is 0 Å². The monoisotopic (exact) mass is 159 g/mol. The third kappa shape index (κ3) is 2.50. The van der Waals surface area contributed by atoms with E-state index in [-0.39, 0.29) is 13.5 Å². The van der Waals surface area contributed by atoms with E-state index >= 15 is 0 Å². The molecule has 66 valence electrons. The van der Waals surface area contributed by atoms with Crippen LogP contribution < -0.4 is 5.32 Å². The zero-order valence-corrected chi connectivity index (χ0v) is 7.21. The summed E-state index contributed by atoms with van der Waals surface area (Å²) in [5.74, 6) is -0.321. The molecule has 0 radical (unpaired) electrons. The second-order valence-electron chi connectivity index (χ2n) is 3.01. The number of carboxylic acid groups (broad SMARTS) is 1. The van der Waals surface area contributed by atoms with Crippen molar-refractivity contribution in [2.45, 2.75) is 25.8 Å². The molecule has 1 fully saturated rings. The van der Waals surface area contributed by atoms with E-state index in [1.165, 1.54) is 0 Å². The summed E-state index contributed by atoms with van der Waals surface area (Å²) in [4.78, 5) is 10.5. The molecule has 0 saturated carbocycles. The summed E-state index contributed by atoms with van der Waals surface area (Å²) in [6.45, 7) is 2.98. The smallest absolute Gasteiger partial charge is 0.362 e. The summed E-state index contributed by atoms with van der Waals surface area (Å²) >= 11 is 0. The van der Waals surface area contributed by atoms with Gasteiger partial charge in [-0.2, -0.15) is 0 Å². The summed E-state index contributed by atoms with van der Waals surface area (Å²) in [6, 6.07) is -0.186. The molecule has 0 spiro atoms. The van der Waals surface area contributed by atoms with Crippen LogP contribution in [0.15, 0.2) is 0 Å². The molecule has 0 bridgehead atoms. The van der Waals surface area contributed by atoms with Crippen LogP contribution in [-0.2, 0) is 4.79 Å². The molecule has 3 heteroatoms. The molecule has 0 aromatic rings. The summed E-state index contributed by atoms with van der Waals surface area (Å²) in [5, 5.41) is 10.6. The minimum absolute atomic E-state index is 0. The number of rotatable bonds is 1. The van der Waals surface area contributed by atoms with Crippen LogP contribution in [0.3, 0.4) is 0 Å². The highest BCUT2D eigenvalue weighted by Gasteiger charge is 2.30. The zero-order valence-electron chi connectivity index (χ0n) is 7.21. The molecule has 1 saturated heterocycles. The van der Waals surface area contributed by atoms with Crippen molar-refractivity contribution in [3.63, 3.8) is 0 Å². The van der Waals surface area contributed by atoms with Crippen molar-refractivity contribution in [2.24, 2.45) is 5.92 Å². The van der Waals surface area contributed by atoms with Crippen molar-refractivity contribution in [2.75, 3.05) is 6.54 Å². The summed E-state index contributed by atoms with van der Waals surface area (Å²) in [6.07, 6.45) is 2.22. The number of piperidine rings is 1. The summed E-state index contributed by atoms with van der Waals surface area (Å²) < 4.78 is 0. The molecule has 0 aliphatic carbocycles. The van der Waals surface area contributed by atoms with E-state index in [9.17, 15) is 4.79 Å². The predicted molar refractivity (Wildman–Crippen MR) is 43.0 cm³/mol. The second-order valence-corrected chi connectivity index (χ2v) is 3.01. The van der Waals surface area contributed by atoms with Gasteiger partial charge in [-0.3, -0.25) is 0 Å². The molecular weight excluding hydrogens is 142 g/mol. The Morgan fingerprint density at radius 3 is 2.64 bits per heavy atom.